The molecule has 3 aromatic rings. The predicted molar refractivity (Wildman–Crippen MR) is 131 cm³/mol. The number of pyridine rings is 1. The van der Waals surface area contributed by atoms with Crippen molar-refractivity contribution in [2.75, 3.05) is 13.1 Å². The molecule has 2 amide bonds. The number of carbonyl (C=O) groups excluding carboxylic acids is 2. The van der Waals surface area contributed by atoms with Crippen molar-refractivity contribution in [3.63, 3.8) is 0 Å². The zero-order valence-electron chi connectivity index (χ0n) is 19.0. The largest absolute Gasteiger partial charge is 0.349 e. The number of aryl methyl sites for hydroxylation is 2. The number of rotatable bonds is 5. The lowest BCUT2D eigenvalue weighted by Gasteiger charge is -2.32. The van der Waals surface area contributed by atoms with Gasteiger partial charge < -0.3 is 10.2 Å². The van der Waals surface area contributed by atoms with E-state index in [1.807, 2.05) is 48.2 Å². The normalized spacial score (nSPS) is 15.6. The van der Waals surface area contributed by atoms with Gasteiger partial charge in [-0.25, -0.2) is 4.98 Å². The maximum Gasteiger partial charge on any atom is 0.258 e. The molecule has 0 bridgehead atoms. The SMILES string of the molecule is Cc1nc2cccc3n2c1C=C(C(=O)NC1CCN(C(=O)CCc2ccc(C#N)cc2)CC1)S3. The van der Waals surface area contributed by atoms with Crippen LogP contribution in [-0.2, 0) is 16.0 Å². The van der Waals surface area contributed by atoms with Gasteiger partial charge in [-0.05, 0) is 62.1 Å². The van der Waals surface area contributed by atoms with Gasteiger partial charge in [0.2, 0.25) is 5.91 Å². The first kappa shape index (κ1) is 22.2. The Labute approximate surface area is 202 Å². The highest BCUT2D eigenvalue weighted by molar-refractivity contribution is 8.04. The summed E-state index contributed by atoms with van der Waals surface area (Å²) in [6.07, 6.45) is 4.53. The summed E-state index contributed by atoms with van der Waals surface area (Å²) < 4.78 is 2.08. The highest BCUT2D eigenvalue weighted by atomic mass is 32.2. The number of likely N-dealkylation sites (tertiary alicyclic amines) is 1. The van der Waals surface area contributed by atoms with Crippen molar-refractivity contribution in [2.24, 2.45) is 0 Å². The number of thioether (sulfide) groups is 1. The van der Waals surface area contributed by atoms with Gasteiger partial charge in [0.1, 0.15) is 5.65 Å². The lowest BCUT2D eigenvalue weighted by molar-refractivity contribution is -0.132. The molecule has 172 valence electrons. The second-order valence-electron chi connectivity index (χ2n) is 8.69. The molecule has 7 nitrogen and oxygen atoms in total. The molecule has 0 unspecified atom stereocenters. The van der Waals surface area contributed by atoms with Crippen molar-refractivity contribution < 1.29 is 9.59 Å². The van der Waals surface area contributed by atoms with E-state index in [9.17, 15) is 9.59 Å². The molecule has 0 radical (unpaired) electrons. The van der Waals surface area contributed by atoms with Crippen LogP contribution in [0.4, 0.5) is 0 Å². The smallest absolute Gasteiger partial charge is 0.258 e. The van der Waals surface area contributed by atoms with Crippen LogP contribution >= 0.6 is 11.8 Å². The van der Waals surface area contributed by atoms with E-state index in [-0.39, 0.29) is 17.9 Å². The molecular formula is C26H25N5O2S. The van der Waals surface area contributed by atoms with E-state index in [1.165, 1.54) is 11.8 Å². The molecule has 2 aliphatic heterocycles. The molecule has 0 atom stereocenters. The minimum absolute atomic E-state index is 0.0558. The van der Waals surface area contributed by atoms with Gasteiger partial charge in [-0.2, -0.15) is 5.26 Å². The van der Waals surface area contributed by atoms with Crippen molar-refractivity contribution in [3.05, 3.63) is 69.9 Å². The third-order valence-electron chi connectivity index (χ3n) is 6.43. The van der Waals surface area contributed by atoms with Crippen LogP contribution in [0.1, 0.15) is 41.8 Å². The molecule has 5 rings (SSSR count). The van der Waals surface area contributed by atoms with Gasteiger partial charge in [0.05, 0.1) is 33.0 Å². The second kappa shape index (κ2) is 9.35. The summed E-state index contributed by atoms with van der Waals surface area (Å²) in [5.74, 6) is 0.0657. The fourth-order valence-electron chi connectivity index (χ4n) is 4.51. The first-order valence-electron chi connectivity index (χ1n) is 11.5. The third-order valence-corrected chi connectivity index (χ3v) is 7.48. The van der Waals surface area contributed by atoms with Crippen molar-refractivity contribution in [2.45, 2.75) is 43.7 Å². The van der Waals surface area contributed by atoms with Gasteiger partial charge in [-0.15, -0.1) is 0 Å². The van der Waals surface area contributed by atoms with Crippen molar-refractivity contribution in [1.29, 1.82) is 5.26 Å². The Hall–Kier alpha value is -3.57. The van der Waals surface area contributed by atoms with Gasteiger partial charge in [0.25, 0.3) is 5.91 Å². The third kappa shape index (κ3) is 4.44. The van der Waals surface area contributed by atoms with E-state index in [0.717, 1.165) is 40.5 Å². The lowest BCUT2D eigenvalue weighted by Crippen LogP contribution is -2.46. The Morgan fingerprint density at radius 1 is 1.18 bits per heavy atom. The number of hydrogen-bond acceptors (Lipinski definition) is 5. The molecule has 1 aromatic carbocycles. The topological polar surface area (TPSA) is 90.5 Å². The summed E-state index contributed by atoms with van der Waals surface area (Å²) in [7, 11) is 0. The molecule has 8 heteroatoms. The van der Waals surface area contributed by atoms with Crippen LogP contribution in [0.15, 0.2) is 52.4 Å². The number of piperidine rings is 1. The Kier molecular flexibility index (Phi) is 6.12. The first-order valence-corrected chi connectivity index (χ1v) is 12.3. The van der Waals surface area contributed by atoms with Crippen molar-refractivity contribution >= 4 is 35.3 Å². The summed E-state index contributed by atoms with van der Waals surface area (Å²) in [4.78, 5) is 32.8. The molecule has 1 saturated heterocycles. The maximum absolute atomic E-state index is 13.0. The zero-order valence-corrected chi connectivity index (χ0v) is 19.8. The zero-order chi connectivity index (χ0) is 23.7. The van der Waals surface area contributed by atoms with Crippen LogP contribution in [0.5, 0.6) is 0 Å². The molecule has 2 aromatic heterocycles. The molecule has 0 saturated carbocycles. The Bertz CT molecular complexity index is 1330. The standard InChI is InChI=1S/C26H25N5O2S/c1-17-21-15-22(34-25-4-2-3-23(28-17)31(21)25)26(33)29-20-11-13-30(14-12-20)24(32)10-9-18-5-7-19(16-27)8-6-18/h2-8,15,20H,9-14H2,1H3,(H,29,33). The second-order valence-corrected chi connectivity index (χ2v) is 9.75. The molecule has 4 heterocycles. The van der Waals surface area contributed by atoms with Gasteiger partial charge >= 0.3 is 0 Å². The molecule has 1 fully saturated rings. The van der Waals surface area contributed by atoms with E-state index in [0.29, 0.717) is 36.4 Å². The van der Waals surface area contributed by atoms with Crippen molar-refractivity contribution in [3.8, 4) is 6.07 Å². The van der Waals surface area contributed by atoms with E-state index in [2.05, 4.69) is 20.8 Å². The van der Waals surface area contributed by atoms with Crippen LogP contribution in [-0.4, -0.2) is 45.2 Å². The van der Waals surface area contributed by atoms with Crippen LogP contribution in [0.25, 0.3) is 11.7 Å². The Balaban J connectivity index is 1.13. The predicted octanol–water partition coefficient (Wildman–Crippen LogP) is 3.70. The lowest BCUT2D eigenvalue weighted by atomic mass is 10.0. The number of amides is 2. The minimum Gasteiger partial charge on any atom is -0.349 e. The summed E-state index contributed by atoms with van der Waals surface area (Å²) in [6, 6.07) is 15.5. The van der Waals surface area contributed by atoms with E-state index >= 15 is 0 Å². The number of hydrogen-bond donors (Lipinski definition) is 1. The van der Waals surface area contributed by atoms with Crippen LogP contribution in [0, 0.1) is 18.3 Å². The Morgan fingerprint density at radius 2 is 1.94 bits per heavy atom. The highest BCUT2D eigenvalue weighted by Crippen LogP contribution is 2.35. The summed E-state index contributed by atoms with van der Waals surface area (Å²) in [5.41, 5.74) is 4.44. The molecule has 34 heavy (non-hydrogen) atoms. The quantitative estimate of drug-likeness (QED) is 0.613. The average molecular weight is 472 g/mol. The van der Waals surface area contributed by atoms with Crippen LogP contribution < -0.4 is 5.32 Å². The number of nitrogens with zero attached hydrogens (tertiary/aromatic N) is 4. The fraction of sp³-hybridized carbons (Fsp3) is 0.308. The first-order chi connectivity index (χ1) is 16.5. The van der Waals surface area contributed by atoms with Gasteiger partial charge in [0, 0.05) is 25.6 Å². The molecular weight excluding hydrogens is 446 g/mol. The fourth-order valence-corrected chi connectivity index (χ4v) is 5.49. The minimum atomic E-state index is -0.0700. The number of nitrogens with one attached hydrogen (secondary N) is 1. The van der Waals surface area contributed by atoms with Crippen molar-refractivity contribution in [1.82, 2.24) is 19.6 Å². The highest BCUT2D eigenvalue weighted by Gasteiger charge is 2.27. The number of carbonyl (C=O) groups is 2. The number of benzene rings is 1. The number of imidazole rings is 1. The van der Waals surface area contributed by atoms with E-state index < -0.39 is 0 Å². The van der Waals surface area contributed by atoms with Gasteiger partial charge in [0.15, 0.2) is 0 Å². The summed E-state index contributed by atoms with van der Waals surface area (Å²) in [5, 5.41) is 13.1. The number of nitriles is 1. The van der Waals surface area contributed by atoms with Gasteiger partial charge in [-0.1, -0.05) is 30.0 Å². The average Bonchev–Trinajstić information content (AvgIpc) is 3.19. The molecule has 2 aliphatic rings. The molecule has 0 spiro atoms. The van der Waals surface area contributed by atoms with Crippen LogP contribution in [0.3, 0.4) is 0 Å². The summed E-state index contributed by atoms with van der Waals surface area (Å²) >= 11 is 1.46. The molecule has 0 aliphatic carbocycles. The van der Waals surface area contributed by atoms with E-state index in [4.69, 9.17) is 5.26 Å². The Morgan fingerprint density at radius 3 is 2.68 bits per heavy atom. The maximum atomic E-state index is 13.0. The molecule has 1 N–H and O–H groups in total. The van der Waals surface area contributed by atoms with Crippen LogP contribution in [0.2, 0.25) is 0 Å². The van der Waals surface area contributed by atoms with Gasteiger partial charge in [-0.3, -0.25) is 14.0 Å². The monoisotopic (exact) mass is 471 g/mol. The summed E-state index contributed by atoms with van der Waals surface area (Å²) in [6.45, 7) is 3.26. The number of aromatic nitrogens is 2. The van der Waals surface area contributed by atoms with E-state index in [1.54, 1.807) is 12.1 Å².